The van der Waals surface area contributed by atoms with Crippen molar-refractivity contribution in [1.29, 1.82) is 0 Å². The van der Waals surface area contributed by atoms with Crippen molar-refractivity contribution in [3.8, 4) is 11.5 Å². The second kappa shape index (κ2) is 8.45. The predicted molar refractivity (Wildman–Crippen MR) is 101 cm³/mol. The van der Waals surface area contributed by atoms with Crippen molar-refractivity contribution in [1.82, 2.24) is 9.80 Å². The Labute approximate surface area is 162 Å². The molecule has 2 aromatic carbocycles. The van der Waals surface area contributed by atoms with Crippen LogP contribution in [0.15, 0.2) is 36.4 Å². The topological polar surface area (TPSA) is 77.5 Å². The molecule has 2 fully saturated rings. The molecule has 0 aromatic heterocycles. The molecule has 0 N–H and O–H groups in total. The molecule has 28 heavy (non-hydrogen) atoms. The maximum atomic E-state index is 12.5. The van der Waals surface area contributed by atoms with E-state index in [-0.39, 0.29) is 11.5 Å². The highest BCUT2D eigenvalue weighted by atomic mass is 16.6. The molecule has 2 heterocycles. The molecule has 0 unspecified atom stereocenters. The van der Waals surface area contributed by atoms with E-state index in [0.29, 0.717) is 52.6 Å². The van der Waals surface area contributed by atoms with E-state index < -0.39 is 12.2 Å². The van der Waals surface area contributed by atoms with Crippen LogP contribution in [0.3, 0.4) is 0 Å². The van der Waals surface area contributed by atoms with Crippen molar-refractivity contribution in [2.75, 3.05) is 52.6 Å². The van der Waals surface area contributed by atoms with Gasteiger partial charge in [0.2, 0.25) is 0 Å². The van der Waals surface area contributed by atoms with Crippen LogP contribution in [0.4, 0.5) is 9.59 Å². The van der Waals surface area contributed by atoms with Crippen LogP contribution in [-0.2, 0) is 9.47 Å². The zero-order valence-corrected chi connectivity index (χ0v) is 15.5. The van der Waals surface area contributed by atoms with Crippen molar-refractivity contribution in [3.63, 3.8) is 0 Å². The number of ether oxygens (including phenoxy) is 4. The number of benzene rings is 2. The van der Waals surface area contributed by atoms with Gasteiger partial charge in [0, 0.05) is 26.2 Å². The van der Waals surface area contributed by atoms with Gasteiger partial charge in [0.05, 0.1) is 26.4 Å². The van der Waals surface area contributed by atoms with E-state index >= 15 is 0 Å². The molecule has 0 atom stereocenters. The molecule has 4 rings (SSSR count). The van der Waals surface area contributed by atoms with Crippen LogP contribution >= 0.6 is 0 Å². The molecule has 0 radical (unpaired) electrons. The first kappa shape index (κ1) is 18.5. The predicted octanol–water partition coefficient (Wildman–Crippen LogP) is 2.50. The number of nitrogens with zero attached hydrogens (tertiary/aromatic N) is 2. The van der Waals surface area contributed by atoms with Gasteiger partial charge in [-0.2, -0.15) is 0 Å². The van der Waals surface area contributed by atoms with Crippen LogP contribution in [0, 0.1) is 0 Å². The quantitative estimate of drug-likeness (QED) is 0.789. The van der Waals surface area contributed by atoms with Gasteiger partial charge in [0.15, 0.2) is 11.5 Å². The molecule has 2 aromatic rings. The first-order valence-corrected chi connectivity index (χ1v) is 9.32. The molecule has 2 aliphatic rings. The Morgan fingerprint density at radius 3 is 1.50 bits per heavy atom. The fraction of sp³-hybridized carbons (Fsp3) is 0.400. The minimum atomic E-state index is -0.484. The fourth-order valence-electron chi connectivity index (χ4n) is 3.17. The lowest BCUT2D eigenvalue weighted by Crippen LogP contribution is -2.43. The third-order valence-corrected chi connectivity index (χ3v) is 4.75. The van der Waals surface area contributed by atoms with E-state index in [0.717, 1.165) is 10.8 Å². The standard InChI is InChI=1S/C20H22N2O6/c23-19(21-5-9-25-10-6-21)27-17-13-15-3-1-2-4-16(15)14-18(17)28-20(24)22-7-11-26-12-8-22/h1-4,13-14H,5-12H2. The van der Waals surface area contributed by atoms with Gasteiger partial charge in [-0.25, -0.2) is 9.59 Å². The van der Waals surface area contributed by atoms with Gasteiger partial charge in [-0.15, -0.1) is 0 Å². The van der Waals surface area contributed by atoms with Crippen LogP contribution in [0.25, 0.3) is 10.8 Å². The van der Waals surface area contributed by atoms with Gasteiger partial charge in [-0.1, -0.05) is 24.3 Å². The van der Waals surface area contributed by atoms with Crippen molar-refractivity contribution < 1.29 is 28.5 Å². The zero-order valence-electron chi connectivity index (χ0n) is 15.5. The van der Waals surface area contributed by atoms with E-state index in [4.69, 9.17) is 18.9 Å². The SMILES string of the molecule is O=C(Oc1cc2ccccc2cc1OC(=O)N1CCOCC1)N1CCOCC1. The van der Waals surface area contributed by atoms with Crippen LogP contribution in [0.2, 0.25) is 0 Å². The summed E-state index contributed by atoms with van der Waals surface area (Å²) < 4.78 is 21.7. The monoisotopic (exact) mass is 386 g/mol. The summed E-state index contributed by atoms with van der Waals surface area (Å²) in [5.41, 5.74) is 0. The maximum absolute atomic E-state index is 12.5. The lowest BCUT2D eigenvalue weighted by Gasteiger charge is -2.27. The third-order valence-electron chi connectivity index (χ3n) is 4.75. The van der Waals surface area contributed by atoms with E-state index in [1.165, 1.54) is 0 Å². The van der Waals surface area contributed by atoms with Crippen molar-refractivity contribution in [2.45, 2.75) is 0 Å². The zero-order chi connectivity index (χ0) is 19.3. The Bertz CT molecular complexity index is 788. The van der Waals surface area contributed by atoms with E-state index in [1.807, 2.05) is 24.3 Å². The molecule has 0 spiro atoms. The number of morpholine rings is 2. The summed E-state index contributed by atoms with van der Waals surface area (Å²) in [4.78, 5) is 28.2. The van der Waals surface area contributed by atoms with E-state index in [2.05, 4.69) is 0 Å². The van der Waals surface area contributed by atoms with Gasteiger partial charge < -0.3 is 28.7 Å². The van der Waals surface area contributed by atoms with Crippen molar-refractivity contribution >= 4 is 23.0 Å². The molecule has 2 amide bonds. The maximum Gasteiger partial charge on any atom is 0.415 e. The van der Waals surface area contributed by atoms with Gasteiger partial charge in [-0.3, -0.25) is 0 Å². The Morgan fingerprint density at radius 2 is 1.11 bits per heavy atom. The second-order valence-corrected chi connectivity index (χ2v) is 6.58. The van der Waals surface area contributed by atoms with Crippen LogP contribution in [-0.4, -0.2) is 74.6 Å². The Hall–Kier alpha value is -2.84. The molecule has 8 heteroatoms. The molecule has 8 nitrogen and oxygen atoms in total. The van der Waals surface area contributed by atoms with Gasteiger partial charge in [0.1, 0.15) is 0 Å². The summed E-state index contributed by atoms with van der Waals surface area (Å²) in [5.74, 6) is 0.439. The first-order valence-electron chi connectivity index (χ1n) is 9.32. The van der Waals surface area contributed by atoms with Gasteiger partial charge >= 0.3 is 12.2 Å². The van der Waals surface area contributed by atoms with Crippen LogP contribution in [0.5, 0.6) is 11.5 Å². The number of carbonyl (C=O) groups excluding carboxylic acids is 2. The highest BCUT2D eigenvalue weighted by Crippen LogP contribution is 2.33. The number of fused-ring (bicyclic) bond motifs is 1. The highest BCUT2D eigenvalue weighted by Gasteiger charge is 2.24. The third kappa shape index (κ3) is 4.18. The van der Waals surface area contributed by atoms with E-state index in [1.54, 1.807) is 21.9 Å². The highest BCUT2D eigenvalue weighted by molar-refractivity contribution is 5.88. The summed E-state index contributed by atoms with van der Waals surface area (Å²) in [6, 6.07) is 11.1. The molecule has 0 bridgehead atoms. The number of rotatable bonds is 2. The van der Waals surface area contributed by atoms with E-state index in [9.17, 15) is 9.59 Å². The van der Waals surface area contributed by atoms with Crippen molar-refractivity contribution in [2.24, 2.45) is 0 Å². The molecule has 148 valence electrons. The first-order chi connectivity index (χ1) is 13.7. The Balaban J connectivity index is 1.58. The Morgan fingerprint density at radius 1 is 0.714 bits per heavy atom. The lowest BCUT2D eigenvalue weighted by molar-refractivity contribution is 0.0391. The van der Waals surface area contributed by atoms with Crippen LogP contribution < -0.4 is 9.47 Å². The summed E-state index contributed by atoms with van der Waals surface area (Å²) >= 11 is 0. The lowest BCUT2D eigenvalue weighted by atomic mass is 10.1. The largest absolute Gasteiger partial charge is 0.415 e. The van der Waals surface area contributed by atoms with Gasteiger partial charge in [0.25, 0.3) is 0 Å². The summed E-state index contributed by atoms with van der Waals surface area (Å²) in [5, 5.41) is 1.77. The molecule has 0 saturated carbocycles. The number of carbonyl (C=O) groups is 2. The average Bonchev–Trinajstić information content (AvgIpc) is 2.75. The molecular formula is C20H22N2O6. The number of amides is 2. The summed E-state index contributed by atoms with van der Waals surface area (Å²) in [6.07, 6.45) is -0.968. The second-order valence-electron chi connectivity index (χ2n) is 6.58. The smallest absolute Gasteiger partial charge is 0.406 e. The van der Waals surface area contributed by atoms with Gasteiger partial charge in [-0.05, 0) is 22.9 Å². The van der Waals surface area contributed by atoms with Crippen molar-refractivity contribution in [3.05, 3.63) is 36.4 Å². The van der Waals surface area contributed by atoms with Crippen LogP contribution in [0.1, 0.15) is 0 Å². The summed E-state index contributed by atoms with van der Waals surface area (Å²) in [6.45, 7) is 3.78. The summed E-state index contributed by atoms with van der Waals surface area (Å²) in [7, 11) is 0. The molecule has 2 saturated heterocycles. The number of hydrogen-bond donors (Lipinski definition) is 0. The minimum Gasteiger partial charge on any atom is -0.406 e. The Kier molecular flexibility index (Phi) is 5.59. The minimum absolute atomic E-state index is 0.219. The average molecular weight is 386 g/mol. The molecule has 0 aliphatic carbocycles. The number of hydrogen-bond acceptors (Lipinski definition) is 6. The molecule has 2 aliphatic heterocycles. The normalized spacial score (nSPS) is 17.4. The molecular weight excluding hydrogens is 364 g/mol. The fourth-order valence-corrected chi connectivity index (χ4v) is 3.17.